The maximum Gasteiger partial charge on any atom is 0.573 e. The van der Waals surface area contributed by atoms with E-state index in [9.17, 15) is 13.2 Å². The molecule has 5 nitrogen and oxygen atoms in total. The maximum absolute atomic E-state index is 12.4. The summed E-state index contributed by atoms with van der Waals surface area (Å²) in [6.45, 7) is 1.81. The summed E-state index contributed by atoms with van der Waals surface area (Å²) in [7, 11) is 3.28. The largest absolute Gasteiger partial charge is 0.573 e. The van der Waals surface area contributed by atoms with Gasteiger partial charge in [0.05, 0.1) is 26.3 Å². The predicted octanol–water partition coefficient (Wildman–Crippen LogP) is 6.34. The van der Waals surface area contributed by atoms with E-state index < -0.39 is 6.36 Å². The molecule has 0 saturated carbocycles. The highest BCUT2D eigenvalue weighted by Gasteiger charge is 2.33. The second-order valence-corrected chi connectivity index (χ2v) is 9.27. The van der Waals surface area contributed by atoms with Gasteiger partial charge in [-0.1, -0.05) is 6.07 Å². The van der Waals surface area contributed by atoms with Gasteiger partial charge in [0.25, 0.3) is 0 Å². The van der Waals surface area contributed by atoms with Gasteiger partial charge in [-0.05, 0) is 83.6 Å². The first kappa shape index (κ1) is 23.7. The van der Waals surface area contributed by atoms with Crippen molar-refractivity contribution >= 4 is 12.0 Å². The number of rotatable bonds is 6. The number of benzene rings is 3. The Morgan fingerprint density at radius 2 is 1.60 bits per heavy atom. The van der Waals surface area contributed by atoms with Crippen molar-refractivity contribution in [1.82, 2.24) is 4.90 Å². The van der Waals surface area contributed by atoms with Gasteiger partial charge in [-0.25, -0.2) is 0 Å². The zero-order valence-corrected chi connectivity index (χ0v) is 20.0. The van der Waals surface area contributed by atoms with Crippen molar-refractivity contribution in [3.05, 3.63) is 76.9 Å². The monoisotopic (exact) mass is 503 g/mol. The van der Waals surface area contributed by atoms with E-state index in [0.717, 1.165) is 43.7 Å². The average Bonchev–Trinajstić information content (AvgIpc) is 2.85. The van der Waals surface area contributed by atoms with Crippen molar-refractivity contribution in [2.45, 2.75) is 36.7 Å². The second-order valence-electron chi connectivity index (χ2n) is 8.46. The molecule has 184 valence electrons. The van der Waals surface area contributed by atoms with Gasteiger partial charge in [-0.3, -0.25) is 4.90 Å². The molecule has 35 heavy (non-hydrogen) atoms. The molecular formula is C26H24F3NO4S. The van der Waals surface area contributed by atoms with E-state index in [0.29, 0.717) is 16.4 Å². The molecule has 0 N–H and O–H groups in total. The highest BCUT2D eigenvalue weighted by Crippen LogP contribution is 2.43. The zero-order chi connectivity index (χ0) is 24.6. The van der Waals surface area contributed by atoms with Crippen molar-refractivity contribution in [3.63, 3.8) is 0 Å². The fourth-order valence-corrected chi connectivity index (χ4v) is 5.28. The molecule has 1 unspecified atom stereocenters. The molecule has 3 aromatic rings. The SMILES string of the molecule is COc1ccc2c(c1)CCN1Cc3cc(OC)c(OSc4ccc(OC(F)(F)F)cc4)cc3CC21. The Morgan fingerprint density at radius 1 is 0.857 bits per heavy atom. The summed E-state index contributed by atoms with van der Waals surface area (Å²) in [4.78, 5) is 3.14. The number of alkyl halides is 3. The molecule has 2 heterocycles. The Balaban J connectivity index is 1.34. The van der Waals surface area contributed by atoms with E-state index in [4.69, 9.17) is 13.7 Å². The molecule has 0 amide bonds. The zero-order valence-electron chi connectivity index (χ0n) is 19.2. The van der Waals surface area contributed by atoms with E-state index in [-0.39, 0.29) is 11.8 Å². The van der Waals surface area contributed by atoms with Crippen molar-refractivity contribution < 1.29 is 31.6 Å². The molecule has 0 aliphatic carbocycles. The van der Waals surface area contributed by atoms with Crippen LogP contribution >= 0.6 is 12.0 Å². The predicted molar refractivity (Wildman–Crippen MR) is 126 cm³/mol. The summed E-state index contributed by atoms with van der Waals surface area (Å²) < 4.78 is 58.0. The Morgan fingerprint density at radius 3 is 2.31 bits per heavy atom. The fraction of sp³-hybridized carbons (Fsp3) is 0.308. The lowest BCUT2D eigenvalue weighted by Gasteiger charge is -2.41. The fourth-order valence-electron chi connectivity index (χ4n) is 4.72. The Kier molecular flexibility index (Phi) is 6.46. The van der Waals surface area contributed by atoms with Crippen LogP contribution in [-0.2, 0) is 19.4 Å². The van der Waals surface area contributed by atoms with Crippen LogP contribution in [0.4, 0.5) is 13.2 Å². The van der Waals surface area contributed by atoms with Crippen molar-refractivity contribution in [2.75, 3.05) is 20.8 Å². The lowest BCUT2D eigenvalue weighted by atomic mass is 9.84. The van der Waals surface area contributed by atoms with Gasteiger partial charge in [0.2, 0.25) is 0 Å². The van der Waals surface area contributed by atoms with E-state index in [2.05, 4.69) is 21.8 Å². The summed E-state index contributed by atoms with van der Waals surface area (Å²) in [5.41, 5.74) is 5.06. The normalized spacial score (nSPS) is 17.1. The van der Waals surface area contributed by atoms with Crippen LogP contribution in [0.3, 0.4) is 0 Å². The van der Waals surface area contributed by atoms with Crippen LogP contribution in [0.15, 0.2) is 59.5 Å². The molecule has 5 rings (SSSR count). The second kappa shape index (κ2) is 9.54. The molecule has 3 aromatic carbocycles. The summed E-state index contributed by atoms with van der Waals surface area (Å²) in [5.74, 6) is 1.80. The smallest absolute Gasteiger partial charge is 0.497 e. The number of fused-ring (bicyclic) bond motifs is 4. The molecule has 2 aliphatic rings. The summed E-state index contributed by atoms with van der Waals surface area (Å²) in [6.07, 6.45) is -2.88. The summed E-state index contributed by atoms with van der Waals surface area (Å²) in [5, 5.41) is 0. The summed E-state index contributed by atoms with van der Waals surface area (Å²) in [6, 6.07) is 16.2. The van der Waals surface area contributed by atoms with Gasteiger partial charge < -0.3 is 18.4 Å². The van der Waals surface area contributed by atoms with E-state index in [1.165, 1.54) is 46.5 Å². The molecule has 0 radical (unpaired) electrons. The Bertz CT molecular complexity index is 1220. The van der Waals surface area contributed by atoms with Gasteiger partial charge >= 0.3 is 6.36 Å². The third-order valence-corrected chi connectivity index (χ3v) is 7.10. The first-order chi connectivity index (χ1) is 16.8. The topological polar surface area (TPSA) is 40.2 Å². The number of hydrogen-bond donors (Lipinski definition) is 0. The number of methoxy groups -OCH3 is 2. The molecule has 0 saturated heterocycles. The van der Waals surface area contributed by atoms with Gasteiger partial charge in [-0.15, -0.1) is 13.2 Å². The molecule has 2 aliphatic heterocycles. The first-order valence-electron chi connectivity index (χ1n) is 11.1. The van der Waals surface area contributed by atoms with Crippen LogP contribution in [0.1, 0.15) is 28.3 Å². The average molecular weight is 504 g/mol. The van der Waals surface area contributed by atoms with Crippen molar-refractivity contribution in [3.8, 4) is 23.0 Å². The molecule has 0 spiro atoms. The van der Waals surface area contributed by atoms with Crippen LogP contribution in [0.25, 0.3) is 0 Å². The third kappa shape index (κ3) is 5.16. The minimum atomic E-state index is -4.72. The van der Waals surface area contributed by atoms with E-state index >= 15 is 0 Å². The first-order valence-corrected chi connectivity index (χ1v) is 11.9. The number of hydrogen-bond acceptors (Lipinski definition) is 6. The molecule has 9 heteroatoms. The lowest BCUT2D eigenvalue weighted by Crippen LogP contribution is -2.39. The van der Waals surface area contributed by atoms with Crippen molar-refractivity contribution in [2.24, 2.45) is 0 Å². The molecule has 0 fully saturated rings. The highest BCUT2D eigenvalue weighted by molar-refractivity contribution is 7.95. The maximum atomic E-state index is 12.4. The van der Waals surface area contributed by atoms with Crippen molar-refractivity contribution in [1.29, 1.82) is 0 Å². The van der Waals surface area contributed by atoms with Gasteiger partial charge in [0.1, 0.15) is 11.5 Å². The van der Waals surface area contributed by atoms with Gasteiger partial charge in [0.15, 0.2) is 11.5 Å². The number of halogens is 3. The van der Waals surface area contributed by atoms with Gasteiger partial charge in [0, 0.05) is 24.0 Å². The minimum Gasteiger partial charge on any atom is -0.497 e. The molecular weight excluding hydrogens is 479 g/mol. The van der Waals surface area contributed by atoms with Crippen LogP contribution in [-0.4, -0.2) is 32.0 Å². The van der Waals surface area contributed by atoms with Crippen LogP contribution in [0, 0.1) is 0 Å². The summed E-state index contributed by atoms with van der Waals surface area (Å²) >= 11 is 1.05. The van der Waals surface area contributed by atoms with Crippen LogP contribution in [0.5, 0.6) is 23.0 Å². The third-order valence-electron chi connectivity index (χ3n) is 6.38. The van der Waals surface area contributed by atoms with Crippen LogP contribution in [0.2, 0.25) is 0 Å². The lowest BCUT2D eigenvalue weighted by molar-refractivity contribution is -0.274. The number of ether oxygens (including phenoxy) is 3. The minimum absolute atomic E-state index is 0.275. The molecule has 0 bridgehead atoms. The molecule has 0 aromatic heterocycles. The quantitative estimate of drug-likeness (QED) is 0.366. The van der Waals surface area contributed by atoms with Crippen LogP contribution < -0.4 is 18.4 Å². The van der Waals surface area contributed by atoms with E-state index in [1.54, 1.807) is 14.2 Å². The highest BCUT2D eigenvalue weighted by atomic mass is 32.2. The standard InChI is InChI=1S/C26H24F3NO4S/c1-31-20-5-8-22-16(11-20)9-10-30-15-18-14-24(32-2)25(13-17(18)12-23(22)30)34-35-21-6-3-19(4-7-21)33-26(27,28)29/h3-8,11,13-14,23H,9-10,12,15H2,1-2H3. The molecule has 1 atom stereocenters. The van der Waals surface area contributed by atoms with Gasteiger partial charge in [-0.2, -0.15) is 0 Å². The number of nitrogens with zero attached hydrogens (tertiary/aromatic N) is 1. The Hall–Kier alpha value is -3.04. The Labute approximate surface area is 205 Å². The van der Waals surface area contributed by atoms with E-state index in [1.807, 2.05) is 18.2 Å².